The van der Waals surface area contributed by atoms with Crippen LogP contribution in [0.2, 0.25) is 0 Å². The molecule has 1 aromatic rings. The molecule has 1 aliphatic rings. The standard InChI is InChI=1S/C12H15NO2/c1-8(2)15-12(14)10-3-4-11-9(7-10)5-6-13-11/h3-4,7-8,13H,5-6H2,1-2H3. The Hall–Kier alpha value is -1.51. The van der Waals surface area contributed by atoms with Gasteiger partial charge >= 0.3 is 5.97 Å². The van der Waals surface area contributed by atoms with Crippen LogP contribution < -0.4 is 5.32 Å². The third-order valence-corrected chi connectivity index (χ3v) is 2.39. The van der Waals surface area contributed by atoms with Crippen LogP contribution in [0.25, 0.3) is 0 Å². The summed E-state index contributed by atoms with van der Waals surface area (Å²) in [6.07, 6.45) is 0.918. The molecule has 0 radical (unpaired) electrons. The van der Waals surface area contributed by atoms with Gasteiger partial charge in [0.1, 0.15) is 0 Å². The molecule has 2 rings (SSSR count). The van der Waals surface area contributed by atoms with E-state index in [0.717, 1.165) is 18.7 Å². The van der Waals surface area contributed by atoms with Crippen molar-refractivity contribution < 1.29 is 9.53 Å². The summed E-state index contributed by atoms with van der Waals surface area (Å²) in [6, 6.07) is 5.67. The molecule has 15 heavy (non-hydrogen) atoms. The maximum absolute atomic E-state index is 11.6. The molecule has 0 amide bonds. The summed E-state index contributed by atoms with van der Waals surface area (Å²) in [5.74, 6) is -0.236. The number of anilines is 1. The minimum Gasteiger partial charge on any atom is -0.459 e. The van der Waals surface area contributed by atoms with E-state index in [1.807, 2.05) is 32.0 Å². The van der Waals surface area contributed by atoms with E-state index in [1.165, 1.54) is 5.56 Å². The van der Waals surface area contributed by atoms with Gasteiger partial charge in [-0.1, -0.05) is 0 Å². The highest BCUT2D eigenvalue weighted by molar-refractivity contribution is 5.90. The Kier molecular flexibility index (Phi) is 2.62. The van der Waals surface area contributed by atoms with Gasteiger partial charge in [-0.3, -0.25) is 0 Å². The lowest BCUT2D eigenvalue weighted by molar-refractivity contribution is 0.0378. The lowest BCUT2D eigenvalue weighted by Gasteiger charge is -2.08. The van der Waals surface area contributed by atoms with Gasteiger partial charge in [0, 0.05) is 12.2 Å². The summed E-state index contributed by atoms with van der Waals surface area (Å²) in [4.78, 5) is 11.6. The Labute approximate surface area is 89.4 Å². The van der Waals surface area contributed by atoms with Crippen molar-refractivity contribution in [3.8, 4) is 0 Å². The van der Waals surface area contributed by atoms with E-state index in [1.54, 1.807) is 0 Å². The minimum atomic E-state index is -0.236. The molecule has 1 aliphatic heterocycles. The summed E-state index contributed by atoms with van der Waals surface area (Å²) >= 11 is 0. The van der Waals surface area contributed by atoms with Gasteiger partial charge in [-0.05, 0) is 44.0 Å². The number of esters is 1. The molecule has 1 N–H and O–H groups in total. The molecule has 0 bridgehead atoms. The third-order valence-electron chi connectivity index (χ3n) is 2.39. The van der Waals surface area contributed by atoms with Crippen molar-refractivity contribution in [3.63, 3.8) is 0 Å². The van der Waals surface area contributed by atoms with Gasteiger partial charge in [-0.2, -0.15) is 0 Å². The van der Waals surface area contributed by atoms with E-state index in [0.29, 0.717) is 5.56 Å². The van der Waals surface area contributed by atoms with Crippen molar-refractivity contribution in [2.24, 2.45) is 0 Å². The molecule has 1 heterocycles. The number of carbonyl (C=O) groups is 1. The highest BCUT2D eigenvalue weighted by Crippen LogP contribution is 2.23. The Morgan fingerprint density at radius 2 is 2.27 bits per heavy atom. The predicted molar refractivity (Wildman–Crippen MR) is 59.2 cm³/mol. The smallest absolute Gasteiger partial charge is 0.338 e. The molecule has 0 saturated heterocycles. The number of carbonyl (C=O) groups excluding carboxylic acids is 1. The number of nitrogens with one attached hydrogen (secondary N) is 1. The maximum atomic E-state index is 11.6. The molecule has 80 valence electrons. The number of benzene rings is 1. The molecule has 0 unspecified atom stereocenters. The first-order chi connectivity index (χ1) is 7.16. The number of ether oxygens (including phenoxy) is 1. The van der Waals surface area contributed by atoms with Gasteiger partial charge < -0.3 is 10.1 Å². The maximum Gasteiger partial charge on any atom is 0.338 e. The summed E-state index contributed by atoms with van der Waals surface area (Å²) < 4.78 is 5.14. The largest absolute Gasteiger partial charge is 0.459 e. The second-order valence-corrected chi connectivity index (χ2v) is 4.00. The summed E-state index contributed by atoms with van der Waals surface area (Å²) in [6.45, 7) is 4.66. The lowest BCUT2D eigenvalue weighted by Crippen LogP contribution is -2.11. The molecular weight excluding hydrogens is 190 g/mol. The number of rotatable bonds is 2. The van der Waals surface area contributed by atoms with E-state index in [4.69, 9.17) is 4.74 Å². The number of hydrogen-bond acceptors (Lipinski definition) is 3. The average Bonchev–Trinajstić information content (AvgIpc) is 2.62. The van der Waals surface area contributed by atoms with Gasteiger partial charge in [-0.15, -0.1) is 0 Å². The van der Waals surface area contributed by atoms with Gasteiger partial charge in [0.05, 0.1) is 11.7 Å². The molecule has 0 aromatic heterocycles. The summed E-state index contributed by atoms with van der Waals surface area (Å²) in [5, 5.41) is 3.25. The highest BCUT2D eigenvalue weighted by Gasteiger charge is 2.14. The third kappa shape index (κ3) is 2.12. The second-order valence-electron chi connectivity index (χ2n) is 4.00. The van der Waals surface area contributed by atoms with Crippen LogP contribution in [0.15, 0.2) is 18.2 Å². The average molecular weight is 205 g/mol. The minimum absolute atomic E-state index is 0.0659. The van der Waals surface area contributed by atoms with E-state index >= 15 is 0 Å². The molecule has 0 fully saturated rings. The van der Waals surface area contributed by atoms with Gasteiger partial charge in [-0.25, -0.2) is 4.79 Å². The summed E-state index contributed by atoms with van der Waals surface area (Å²) in [5.41, 5.74) is 2.98. The van der Waals surface area contributed by atoms with Crippen LogP contribution in [0.1, 0.15) is 29.8 Å². The van der Waals surface area contributed by atoms with Crippen LogP contribution in [0, 0.1) is 0 Å². The number of fused-ring (bicyclic) bond motifs is 1. The molecule has 0 spiro atoms. The van der Waals surface area contributed by atoms with Crippen molar-refractivity contribution >= 4 is 11.7 Å². The molecule has 1 aromatic carbocycles. The quantitative estimate of drug-likeness (QED) is 0.752. The topological polar surface area (TPSA) is 38.3 Å². The molecule has 3 nitrogen and oxygen atoms in total. The van der Waals surface area contributed by atoms with Gasteiger partial charge in [0.2, 0.25) is 0 Å². The fourth-order valence-corrected chi connectivity index (χ4v) is 1.71. The zero-order valence-corrected chi connectivity index (χ0v) is 9.04. The zero-order chi connectivity index (χ0) is 10.8. The Morgan fingerprint density at radius 3 is 3.00 bits per heavy atom. The molecule has 0 atom stereocenters. The zero-order valence-electron chi connectivity index (χ0n) is 9.04. The van der Waals surface area contributed by atoms with E-state index in [2.05, 4.69) is 5.32 Å². The lowest BCUT2D eigenvalue weighted by atomic mass is 10.1. The SMILES string of the molecule is CC(C)OC(=O)c1ccc2c(c1)CCN2. The van der Waals surface area contributed by atoms with Crippen molar-refractivity contribution in [1.82, 2.24) is 0 Å². The van der Waals surface area contributed by atoms with Crippen LogP contribution in [0.4, 0.5) is 5.69 Å². The van der Waals surface area contributed by atoms with Gasteiger partial charge in [0.15, 0.2) is 0 Å². The highest BCUT2D eigenvalue weighted by atomic mass is 16.5. The normalized spacial score (nSPS) is 13.5. The van der Waals surface area contributed by atoms with Crippen LogP contribution in [-0.4, -0.2) is 18.6 Å². The van der Waals surface area contributed by atoms with Crippen molar-refractivity contribution in [2.75, 3.05) is 11.9 Å². The summed E-state index contributed by atoms with van der Waals surface area (Å²) in [7, 11) is 0. The molecule has 3 heteroatoms. The van der Waals surface area contributed by atoms with Crippen molar-refractivity contribution in [3.05, 3.63) is 29.3 Å². The van der Waals surface area contributed by atoms with Crippen LogP contribution >= 0.6 is 0 Å². The Morgan fingerprint density at radius 1 is 1.47 bits per heavy atom. The van der Waals surface area contributed by atoms with Crippen LogP contribution in [0.5, 0.6) is 0 Å². The van der Waals surface area contributed by atoms with Gasteiger partial charge in [0.25, 0.3) is 0 Å². The first-order valence-electron chi connectivity index (χ1n) is 5.24. The van der Waals surface area contributed by atoms with E-state index in [-0.39, 0.29) is 12.1 Å². The van der Waals surface area contributed by atoms with E-state index in [9.17, 15) is 4.79 Å². The van der Waals surface area contributed by atoms with Crippen molar-refractivity contribution in [1.29, 1.82) is 0 Å². The number of hydrogen-bond donors (Lipinski definition) is 1. The monoisotopic (exact) mass is 205 g/mol. The predicted octanol–water partition coefficient (Wildman–Crippen LogP) is 2.22. The van der Waals surface area contributed by atoms with E-state index < -0.39 is 0 Å². The van der Waals surface area contributed by atoms with Crippen LogP contribution in [0.3, 0.4) is 0 Å². The molecule has 0 saturated carbocycles. The first-order valence-corrected chi connectivity index (χ1v) is 5.24. The van der Waals surface area contributed by atoms with Crippen LogP contribution in [-0.2, 0) is 11.2 Å². The van der Waals surface area contributed by atoms with Crippen molar-refractivity contribution in [2.45, 2.75) is 26.4 Å². The second kappa shape index (κ2) is 3.93. The molecule has 0 aliphatic carbocycles. The fourth-order valence-electron chi connectivity index (χ4n) is 1.71. The Balaban J connectivity index is 2.19. The fraction of sp³-hybridized carbons (Fsp3) is 0.417. The Bertz CT molecular complexity index is 385. The molecular formula is C12H15NO2. The first kappa shape index (κ1) is 10.0.